The van der Waals surface area contributed by atoms with E-state index in [-0.39, 0.29) is 17.5 Å². The van der Waals surface area contributed by atoms with E-state index in [1.54, 1.807) is 0 Å². The maximum atomic E-state index is 12.8. The molecule has 0 radical (unpaired) electrons. The molecule has 0 aliphatic rings. The summed E-state index contributed by atoms with van der Waals surface area (Å²) in [7, 11) is 0. The molecule has 1 aromatic rings. The summed E-state index contributed by atoms with van der Waals surface area (Å²) in [6, 6.07) is 3.79. The molecule has 0 fully saturated rings. The van der Waals surface area contributed by atoms with Gasteiger partial charge in [0.2, 0.25) is 0 Å². The monoisotopic (exact) mass is 181 g/mol. The number of hydrogen-bond acceptors (Lipinski definition) is 2. The van der Waals surface area contributed by atoms with Gasteiger partial charge in [-0.3, -0.25) is 0 Å². The topological polar surface area (TPSA) is 44.1 Å². The van der Waals surface area contributed by atoms with Gasteiger partial charge in [-0.1, -0.05) is 6.92 Å². The number of nitrogens with one attached hydrogen (secondary N) is 1. The van der Waals surface area contributed by atoms with Gasteiger partial charge in [0.15, 0.2) is 0 Å². The van der Waals surface area contributed by atoms with Crippen molar-refractivity contribution in [1.82, 2.24) is 0 Å². The highest BCUT2D eigenvalue weighted by Gasteiger charge is 2.11. The quantitative estimate of drug-likeness (QED) is 0.692. The predicted molar refractivity (Wildman–Crippen MR) is 49.9 cm³/mol. The van der Waals surface area contributed by atoms with E-state index in [2.05, 4.69) is 0 Å². The van der Waals surface area contributed by atoms with Crippen LogP contribution < -0.4 is 0 Å². The van der Waals surface area contributed by atoms with Gasteiger partial charge in [-0.05, 0) is 24.6 Å². The van der Waals surface area contributed by atoms with Crippen LogP contribution in [0.5, 0.6) is 5.75 Å². The summed E-state index contributed by atoms with van der Waals surface area (Å²) >= 11 is 0. The molecule has 2 nitrogen and oxygen atoms in total. The summed E-state index contributed by atoms with van der Waals surface area (Å²) in [5.41, 5.74) is 0.484. The zero-order chi connectivity index (χ0) is 9.84. The Balaban J connectivity index is 3.10. The zero-order valence-electron chi connectivity index (χ0n) is 7.42. The normalized spacial score (nSPS) is 12.5. The molecular formula is C10H12FNO. The molecule has 0 aliphatic heterocycles. The van der Waals surface area contributed by atoms with E-state index in [9.17, 15) is 9.50 Å². The van der Waals surface area contributed by atoms with E-state index in [4.69, 9.17) is 5.41 Å². The Morgan fingerprint density at radius 3 is 2.85 bits per heavy atom. The summed E-state index contributed by atoms with van der Waals surface area (Å²) in [6.07, 6.45) is 1.90. The van der Waals surface area contributed by atoms with Crippen LogP contribution in [0.4, 0.5) is 4.39 Å². The summed E-state index contributed by atoms with van der Waals surface area (Å²) < 4.78 is 12.8. The van der Waals surface area contributed by atoms with Crippen LogP contribution in [0.1, 0.15) is 24.8 Å². The van der Waals surface area contributed by atoms with Crippen LogP contribution >= 0.6 is 0 Å². The second kappa shape index (κ2) is 4.03. The average Bonchev–Trinajstić information content (AvgIpc) is 2.13. The number of aromatic hydroxyl groups is 1. The van der Waals surface area contributed by atoms with E-state index >= 15 is 0 Å². The van der Waals surface area contributed by atoms with Crippen LogP contribution in [-0.4, -0.2) is 11.3 Å². The Hall–Kier alpha value is -1.38. The first-order chi connectivity index (χ1) is 6.19. The van der Waals surface area contributed by atoms with Crippen LogP contribution in [0.2, 0.25) is 0 Å². The van der Waals surface area contributed by atoms with E-state index in [1.807, 2.05) is 6.92 Å². The number of benzene rings is 1. The molecule has 0 aliphatic carbocycles. The summed E-state index contributed by atoms with van der Waals surface area (Å²) in [6.45, 7) is 1.89. The maximum absolute atomic E-state index is 12.8. The van der Waals surface area contributed by atoms with Gasteiger partial charge in [-0.15, -0.1) is 0 Å². The molecule has 0 spiro atoms. The highest BCUT2D eigenvalue weighted by Crippen LogP contribution is 2.27. The van der Waals surface area contributed by atoms with Crippen molar-refractivity contribution in [1.29, 1.82) is 5.41 Å². The molecule has 1 aromatic carbocycles. The Morgan fingerprint density at radius 1 is 1.62 bits per heavy atom. The van der Waals surface area contributed by atoms with Crippen molar-refractivity contribution in [3.63, 3.8) is 0 Å². The van der Waals surface area contributed by atoms with Gasteiger partial charge in [0.1, 0.15) is 11.6 Å². The Bertz CT molecular complexity index is 312. The number of halogens is 1. The van der Waals surface area contributed by atoms with E-state index in [0.29, 0.717) is 12.0 Å². The Morgan fingerprint density at radius 2 is 2.31 bits per heavy atom. The van der Waals surface area contributed by atoms with Gasteiger partial charge in [0, 0.05) is 17.7 Å². The lowest BCUT2D eigenvalue weighted by atomic mass is 9.97. The molecule has 1 unspecified atom stereocenters. The average molecular weight is 181 g/mol. The molecule has 1 rings (SSSR count). The van der Waals surface area contributed by atoms with Crippen LogP contribution in [0, 0.1) is 11.2 Å². The van der Waals surface area contributed by atoms with Crippen molar-refractivity contribution in [3.8, 4) is 5.75 Å². The third-order valence-electron chi connectivity index (χ3n) is 2.03. The Kier molecular flexibility index (Phi) is 3.01. The van der Waals surface area contributed by atoms with Crippen molar-refractivity contribution in [3.05, 3.63) is 29.6 Å². The SMILES string of the molecule is CCC(C=N)c1cc(F)ccc1O. The largest absolute Gasteiger partial charge is 0.508 e. The van der Waals surface area contributed by atoms with Gasteiger partial charge in [-0.2, -0.15) is 0 Å². The minimum atomic E-state index is -0.381. The lowest BCUT2D eigenvalue weighted by Crippen LogP contribution is -1.98. The summed E-state index contributed by atoms with van der Waals surface area (Å²) in [5.74, 6) is -0.527. The molecule has 0 heterocycles. The van der Waals surface area contributed by atoms with Gasteiger partial charge < -0.3 is 10.5 Å². The van der Waals surface area contributed by atoms with Crippen molar-refractivity contribution in [2.45, 2.75) is 19.3 Å². The minimum absolute atomic E-state index is 0.0525. The fourth-order valence-electron chi connectivity index (χ4n) is 1.25. The first kappa shape index (κ1) is 9.71. The highest BCUT2D eigenvalue weighted by molar-refractivity contribution is 5.66. The van der Waals surface area contributed by atoms with Gasteiger partial charge in [0.05, 0.1) is 0 Å². The van der Waals surface area contributed by atoms with Crippen LogP contribution in [0.25, 0.3) is 0 Å². The predicted octanol–water partition coefficient (Wildman–Crippen LogP) is 2.67. The van der Waals surface area contributed by atoms with Crippen molar-refractivity contribution < 1.29 is 9.50 Å². The fraction of sp³-hybridized carbons (Fsp3) is 0.300. The molecule has 70 valence electrons. The second-order valence-electron chi connectivity index (χ2n) is 2.88. The Labute approximate surface area is 76.5 Å². The number of hydrogen-bond donors (Lipinski definition) is 2. The molecule has 3 heteroatoms. The van der Waals surface area contributed by atoms with E-state index < -0.39 is 0 Å². The van der Waals surface area contributed by atoms with Crippen molar-refractivity contribution in [2.75, 3.05) is 0 Å². The number of phenolic OH excluding ortho intramolecular Hbond substituents is 1. The maximum Gasteiger partial charge on any atom is 0.123 e. The smallest absolute Gasteiger partial charge is 0.123 e. The molecule has 0 amide bonds. The zero-order valence-corrected chi connectivity index (χ0v) is 7.42. The number of rotatable bonds is 3. The molecular weight excluding hydrogens is 169 g/mol. The number of phenols is 1. The molecule has 1 atom stereocenters. The second-order valence-corrected chi connectivity index (χ2v) is 2.88. The standard InChI is InChI=1S/C10H12FNO/c1-2-7(6-12)9-5-8(11)3-4-10(9)13/h3-7,12-13H,2H2,1H3. The van der Waals surface area contributed by atoms with Crippen molar-refractivity contribution in [2.24, 2.45) is 0 Å². The third kappa shape index (κ3) is 2.05. The minimum Gasteiger partial charge on any atom is -0.508 e. The first-order valence-electron chi connectivity index (χ1n) is 4.18. The fourth-order valence-corrected chi connectivity index (χ4v) is 1.25. The van der Waals surface area contributed by atoms with E-state index in [1.165, 1.54) is 24.4 Å². The first-order valence-corrected chi connectivity index (χ1v) is 4.18. The van der Waals surface area contributed by atoms with Crippen molar-refractivity contribution >= 4 is 6.21 Å². The van der Waals surface area contributed by atoms with E-state index in [0.717, 1.165) is 0 Å². The lowest BCUT2D eigenvalue weighted by molar-refractivity contribution is 0.463. The molecule has 0 saturated heterocycles. The molecule has 0 saturated carbocycles. The lowest BCUT2D eigenvalue weighted by Gasteiger charge is -2.10. The molecule has 2 N–H and O–H groups in total. The van der Waals surface area contributed by atoms with Crippen LogP contribution in [0.3, 0.4) is 0 Å². The van der Waals surface area contributed by atoms with Gasteiger partial charge in [-0.25, -0.2) is 4.39 Å². The van der Waals surface area contributed by atoms with Gasteiger partial charge in [0.25, 0.3) is 0 Å². The summed E-state index contributed by atoms with van der Waals surface area (Å²) in [4.78, 5) is 0. The summed E-state index contributed by atoms with van der Waals surface area (Å²) in [5, 5.41) is 16.5. The highest BCUT2D eigenvalue weighted by atomic mass is 19.1. The molecule has 0 bridgehead atoms. The molecule has 13 heavy (non-hydrogen) atoms. The molecule has 0 aromatic heterocycles. The van der Waals surface area contributed by atoms with Crippen LogP contribution in [-0.2, 0) is 0 Å². The van der Waals surface area contributed by atoms with Crippen LogP contribution in [0.15, 0.2) is 18.2 Å². The third-order valence-corrected chi connectivity index (χ3v) is 2.03. The van der Waals surface area contributed by atoms with Gasteiger partial charge >= 0.3 is 0 Å².